The van der Waals surface area contributed by atoms with Crippen molar-refractivity contribution in [2.24, 2.45) is 5.73 Å². The zero-order chi connectivity index (χ0) is 11.8. The minimum atomic E-state index is -0.0881. The minimum absolute atomic E-state index is 0.0881. The zero-order valence-electron chi connectivity index (χ0n) is 8.89. The molecule has 2 heterocycles. The Morgan fingerprint density at radius 3 is 2.76 bits per heavy atom. The van der Waals surface area contributed by atoms with Crippen LogP contribution in [-0.2, 0) is 0 Å². The average Bonchev–Trinajstić information content (AvgIpc) is 2.95. The number of halogens is 1. The maximum absolute atomic E-state index is 6.31. The molecule has 1 aromatic carbocycles. The topological polar surface area (TPSA) is 26.0 Å². The number of benzene rings is 1. The van der Waals surface area contributed by atoms with Crippen molar-refractivity contribution in [3.8, 4) is 0 Å². The first-order valence-corrected chi connectivity index (χ1v) is 7.30. The SMILES string of the molecule is NC(c1ccc(Cl)s1)c1cccc2ccsc12. The van der Waals surface area contributed by atoms with Crippen molar-refractivity contribution in [1.82, 2.24) is 0 Å². The molecule has 17 heavy (non-hydrogen) atoms. The summed E-state index contributed by atoms with van der Waals surface area (Å²) in [6.07, 6.45) is 0. The first-order valence-electron chi connectivity index (χ1n) is 5.22. The summed E-state index contributed by atoms with van der Waals surface area (Å²) in [6.45, 7) is 0. The van der Waals surface area contributed by atoms with Crippen LogP contribution >= 0.6 is 34.3 Å². The van der Waals surface area contributed by atoms with Gasteiger partial charge in [0.25, 0.3) is 0 Å². The third kappa shape index (κ3) is 2.00. The maximum Gasteiger partial charge on any atom is 0.0931 e. The first-order chi connectivity index (χ1) is 8.25. The van der Waals surface area contributed by atoms with Crippen LogP contribution in [0.4, 0.5) is 0 Å². The average molecular weight is 280 g/mol. The van der Waals surface area contributed by atoms with E-state index in [1.807, 2.05) is 12.1 Å². The van der Waals surface area contributed by atoms with Crippen molar-refractivity contribution in [1.29, 1.82) is 0 Å². The Bertz CT molecular complexity index is 656. The smallest absolute Gasteiger partial charge is 0.0931 e. The molecule has 0 amide bonds. The standard InChI is InChI=1S/C13H10ClNS2/c14-11-5-4-10(17-11)12(15)9-3-1-2-8-6-7-16-13(8)9/h1-7,12H,15H2. The fourth-order valence-corrected chi connectivity index (χ4v) is 3.95. The second-order valence-electron chi connectivity index (χ2n) is 3.81. The van der Waals surface area contributed by atoms with Crippen molar-refractivity contribution in [3.63, 3.8) is 0 Å². The fraction of sp³-hybridized carbons (Fsp3) is 0.0769. The van der Waals surface area contributed by atoms with E-state index in [1.165, 1.54) is 15.6 Å². The van der Waals surface area contributed by atoms with Gasteiger partial charge in [-0.15, -0.1) is 22.7 Å². The minimum Gasteiger partial charge on any atom is -0.320 e. The fourth-order valence-electron chi connectivity index (χ4n) is 1.91. The van der Waals surface area contributed by atoms with Gasteiger partial charge in [0.2, 0.25) is 0 Å². The van der Waals surface area contributed by atoms with E-state index in [0.29, 0.717) is 0 Å². The number of thiophene rings is 2. The number of hydrogen-bond donors (Lipinski definition) is 1. The van der Waals surface area contributed by atoms with E-state index in [2.05, 4.69) is 29.6 Å². The molecule has 0 bridgehead atoms. The Kier molecular flexibility index (Phi) is 2.92. The second-order valence-corrected chi connectivity index (χ2v) is 6.47. The van der Waals surface area contributed by atoms with E-state index in [4.69, 9.17) is 17.3 Å². The van der Waals surface area contributed by atoms with Gasteiger partial charge in [-0.05, 0) is 34.5 Å². The quantitative estimate of drug-likeness (QED) is 0.725. The highest BCUT2D eigenvalue weighted by atomic mass is 35.5. The number of nitrogens with two attached hydrogens (primary N) is 1. The van der Waals surface area contributed by atoms with Crippen molar-refractivity contribution < 1.29 is 0 Å². The molecular weight excluding hydrogens is 270 g/mol. The van der Waals surface area contributed by atoms with Crippen LogP contribution in [-0.4, -0.2) is 0 Å². The Morgan fingerprint density at radius 2 is 2.00 bits per heavy atom. The summed E-state index contributed by atoms with van der Waals surface area (Å²) in [5, 5.41) is 3.35. The van der Waals surface area contributed by atoms with Gasteiger partial charge in [-0.2, -0.15) is 0 Å². The predicted octanol–water partition coefficient (Wildman–Crippen LogP) is 4.66. The van der Waals surface area contributed by atoms with Crippen LogP contribution in [0, 0.1) is 0 Å². The van der Waals surface area contributed by atoms with Gasteiger partial charge in [0.15, 0.2) is 0 Å². The van der Waals surface area contributed by atoms with Gasteiger partial charge < -0.3 is 5.73 Å². The normalized spacial score (nSPS) is 13.1. The summed E-state index contributed by atoms with van der Waals surface area (Å²) in [7, 11) is 0. The molecule has 0 saturated heterocycles. The summed E-state index contributed by atoms with van der Waals surface area (Å²) in [5.74, 6) is 0. The molecule has 2 N–H and O–H groups in total. The monoisotopic (exact) mass is 279 g/mol. The Labute approximate surface area is 112 Å². The molecule has 1 atom stereocenters. The number of hydrogen-bond acceptors (Lipinski definition) is 3. The highest BCUT2D eigenvalue weighted by Crippen LogP contribution is 2.34. The molecule has 1 unspecified atom stereocenters. The summed E-state index contributed by atoms with van der Waals surface area (Å²) >= 11 is 9.24. The lowest BCUT2D eigenvalue weighted by Crippen LogP contribution is -2.09. The van der Waals surface area contributed by atoms with Gasteiger partial charge in [-0.1, -0.05) is 29.8 Å². The van der Waals surface area contributed by atoms with Crippen molar-refractivity contribution in [3.05, 3.63) is 56.6 Å². The molecule has 0 radical (unpaired) electrons. The zero-order valence-corrected chi connectivity index (χ0v) is 11.3. The van der Waals surface area contributed by atoms with Gasteiger partial charge in [-0.3, -0.25) is 0 Å². The molecule has 2 aromatic heterocycles. The van der Waals surface area contributed by atoms with Crippen LogP contribution in [0.2, 0.25) is 4.34 Å². The molecule has 0 spiro atoms. The molecule has 0 aliphatic heterocycles. The Morgan fingerprint density at radius 1 is 1.12 bits per heavy atom. The lowest BCUT2D eigenvalue weighted by atomic mass is 10.0. The van der Waals surface area contributed by atoms with Crippen molar-refractivity contribution >= 4 is 44.4 Å². The van der Waals surface area contributed by atoms with Crippen LogP contribution < -0.4 is 5.73 Å². The Hall–Kier alpha value is -0.870. The molecule has 0 saturated carbocycles. The van der Waals surface area contributed by atoms with E-state index < -0.39 is 0 Å². The van der Waals surface area contributed by atoms with E-state index in [-0.39, 0.29) is 6.04 Å². The summed E-state index contributed by atoms with van der Waals surface area (Å²) in [4.78, 5) is 1.11. The third-order valence-electron chi connectivity index (χ3n) is 2.75. The first kappa shape index (κ1) is 11.2. The van der Waals surface area contributed by atoms with E-state index in [9.17, 15) is 0 Å². The van der Waals surface area contributed by atoms with Crippen molar-refractivity contribution in [2.45, 2.75) is 6.04 Å². The second kappa shape index (κ2) is 4.42. The van der Waals surface area contributed by atoms with Crippen LogP contribution in [0.25, 0.3) is 10.1 Å². The molecule has 4 heteroatoms. The maximum atomic E-state index is 6.31. The van der Waals surface area contributed by atoms with E-state index in [1.54, 1.807) is 22.7 Å². The predicted molar refractivity (Wildman–Crippen MR) is 77.2 cm³/mol. The van der Waals surface area contributed by atoms with E-state index in [0.717, 1.165) is 9.21 Å². The van der Waals surface area contributed by atoms with E-state index >= 15 is 0 Å². The van der Waals surface area contributed by atoms with Crippen molar-refractivity contribution in [2.75, 3.05) is 0 Å². The molecule has 86 valence electrons. The summed E-state index contributed by atoms with van der Waals surface area (Å²) in [6, 6.07) is 12.2. The van der Waals surface area contributed by atoms with Gasteiger partial charge in [0, 0.05) is 9.58 Å². The molecule has 0 aliphatic carbocycles. The van der Waals surface area contributed by atoms with Crippen LogP contribution in [0.1, 0.15) is 16.5 Å². The molecule has 0 aliphatic rings. The summed E-state index contributed by atoms with van der Waals surface area (Å²) in [5.41, 5.74) is 7.49. The lowest BCUT2D eigenvalue weighted by molar-refractivity contribution is 0.905. The largest absolute Gasteiger partial charge is 0.320 e. The molecule has 1 nitrogen and oxygen atoms in total. The molecule has 3 rings (SSSR count). The third-order valence-corrected chi connectivity index (χ3v) is 5.04. The highest BCUT2D eigenvalue weighted by Gasteiger charge is 2.14. The summed E-state index contributed by atoms with van der Waals surface area (Å²) < 4.78 is 2.05. The van der Waals surface area contributed by atoms with Crippen LogP contribution in [0.3, 0.4) is 0 Å². The van der Waals surface area contributed by atoms with Gasteiger partial charge in [-0.25, -0.2) is 0 Å². The van der Waals surface area contributed by atoms with Gasteiger partial charge in [0.1, 0.15) is 0 Å². The van der Waals surface area contributed by atoms with Gasteiger partial charge in [0.05, 0.1) is 10.4 Å². The number of rotatable bonds is 2. The van der Waals surface area contributed by atoms with Crippen LogP contribution in [0.15, 0.2) is 41.8 Å². The number of fused-ring (bicyclic) bond motifs is 1. The van der Waals surface area contributed by atoms with Crippen LogP contribution in [0.5, 0.6) is 0 Å². The Balaban J connectivity index is 2.12. The highest BCUT2D eigenvalue weighted by molar-refractivity contribution is 7.17. The molecule has 0 fully saturated rings. The molecule has 3 aromatic rings. The van der Waals surface area contributed by atoms with Gasteiger partial charge >= 0.3 is 0 Å². The lowest BCUT2D eigenvalue weighted by Gasteiger charge is -2.10. The molecular formula is C13H10ClNS2.